The summed E-state index contributed by atoms with van der Waals surface area (Å²) < 4.78 is 5.63. The van der Waals surface area contributed by atoms with Crippen LogP contribution in [-0.4, -0.2) is 15.3 Å². The molecule has 1 aromatic heterocycles. The summed E-state index contributed by atoms with van der Waals surface area (Å²) in [5, 5.41) is 16.4. The van der Waals surface area contributed by atoms with Gasteiger partial charge in [-0.2, -0.15) is 0 Å². The highest BCUT2D eigenvalue weighted by Crippen LogP contribution is 2.30. The van der Waals surface area contributed by atoms with E-state index in [0.717, 1.165) is 12.0 Å². The summed E-state index contributed by atoms with van der Waals surface area (Å²) in [6, 6.07) is 7.20. The van der Waals surface area contributed by atoms with Crippen molar-refractivity contribution < 1.29 is 9.84 Å². The number of aromatic amines is 1. The smallest absolute Gasteiger partial charge is 0.241 e. The topological polar surface area (TPSA) is 58.1 Å². The van der Waals surface area contributed by atoms with Crippen molar-refractivity contribution >= 4 is 11.6 Å². The summed E-state index contributed by atoms with van der Waals surface area (Å²) in [5.41, 5.74) is 1.54. The Hall–Kier alpha value is -1.52. The van der Waals surface area contributed by atoms with Gasteiger partial charge in [-0.25, -0.2) is 0 Å². The lowest BCUT2D eigenvalue weighted by molar-refractivity contribution is 0.275. The van der Waals surface area contributed by atoms with Gasteiger partial charge in [-0.15, -0.1) is 5.10 Å². The molecular formula is C12H13ClN2O2. The summed E-state index contributed by atoms with van der Waals surface area (Å²) in [4.78, 5) is 0. The summed E-state index contributed by atoms with van der Waals surface area (Å²) >= 11 is 6.00. The number of halogens is 1. The van der Waals surface area contributed by atoms with Gasteiger partial charge in [-0.3, -0.25) is 5.10 Å². The molecule has 0 bridgehead atoms. The molecule has 0 fully saturated rings. The van der Waals surface area contributed by atoms with E-state index in [9.17, 15) is 0 Å². The van der Waals surface area contributed by atoms with Gasteiger partial charge in [0.2, 0.25) is 5.88 Å². The Morgan fingerprint density at radius 1 is 1.41 bits per heavy atom. The monoisotopic (exact) mass is 252 g/mol. The molecule has 0 aliphatic carbocycles. The van der Waals surface area contributed by atoms with Crippen molar-refractivity contribution in [2.75, 3.05) is 0 Å². The van der Waals surface area contributed by atoms with Crippen LogP contribution in [0.3, 0.4) is 0 Å². The number of nitrogens with one attached hydrogen (secondary N) is 1. The Kier molecular flexibility index (Phi) is 3.66. The Labute approximate surface area is 104 Å². The number of H-pyrrole nitrogens is 1. The van der Waals surface area contributed by atoms with Crippen LogP contribution in [0.1, 0.15) is 18.2 Å². The van der Waals surface area contributed by atoms with E-state index in [1.807, 2.05) is 19.1 Å². The minimum atomic E-state index is -0.0813. The third kappa shape index (κ3) is 2.43. The third-order valence-corrected chi connectivity index (χ3v) is 2.78. The van der Waals surface area contributed by atoms with Crippen molar-refractivity contribution in [3.05, 3.63) is 40.5 Å². The van der Waals surface area contributed by atoms with E-state index >= 15 is 0 Å². The zero-order valence-corrected chi connectivity index (χ0v) is 10.2. The number of aromatic nitrogens is 2. The summed E-state index contributed by atoms with van der Waals surface area (Å²) in [7, 11) is 0. The fraction of sp³-hybridized carbons (Fsp3) is 0.250. The van der Waals surface area contributed by atoms with Crippen LogP contribution in [0.25, 0.3) is 0 Å². The molecule has 0 radical (unpaired) electrons. The molecule has 0 amide bonds. The number of para-hydroxylation sites is 1. The highest BCUT2D eigenvalue weighted by atomic mass is 35.5. The van der Waals surface area contributed by atoms with E-state index in [1.165, 1.54) is 0 Å². The summed E-state index contributed by atoms with van der Waals surface area (Å²) in [6.45, 7) is 1.89. The Morgan fingerprint density at radius 2 is 2.18 bits per heavy atom. The number of ether oxygens (including phenoxy) is 1. The Balaban J connectivity index is 2.30. The molecule has 90 valence electrons. The van der Waals surface area contributed by atoms with Gasteiger partial charge in [0.05, 0.1) is 17.3 Å². The zero-order chi connectivity index (χ0) is 12.3. The zero-order valence-electron chi connectivity index (χ0n) is 9.40. The number of nitrogens with zero attached hydrogens (tertiary/aromatic N) is 1. The Morgan fingerprint density at radius 3 is 2.82 bits per heavy atom. The lowest BCUT2D eigenvalue weighted by atomic mass is 10.2. The predicted molar refractivity (Wildman–Crippen MR) is 65.4 cm³/mol. The second-order valence-electron chi connectivity index (χ2n) is 3.53. The standard InChI is InChI=1S/C12H13ClN2O2/c1-2-8-10(7-16)14-15-12(8)17-11-6-4-3-5-9(11)13/h3-6,16H,2,7H2,1H3,(H,14,15). The molecule has 2 aromatic rings. The van der Waals surface area contributed by atoms with Crippen molar-refractivity contribution in [3.63, 3.8) is 0 Å². The molecule has 0 saturated heterocycles. The van der Waals surface area contributed by atoms with Gasteiger partial charge >= 0.3 is 0 Å². The SMILES string of the molecule is CCc1c(Oc2ccccc2Cl)n[nH]c1CO. The first-order valence-electron chi connectivity index (χ1n) is 5.35. The molecule has 2 N–H and O–H groups in total. The van der Waals surface area contributed by atoms with E-state index in [-0.39, 0.29) is 6.61 Å². The molecule has 2 rings (SSSR count). The van der Waals surface area contributed by atoms with Gasteiger partial charge in [0.15, 0.2) is 0 Å². The van der Waals surface area contributed by atoms with Crippen molar-refractivity contribution in [2.24, 2.45) is 0 Å². The maximum Gasteiger partial charge on any atom is 0.241 e. The first-order valence-corrected chi connectivity index (χ1v) is 5.73. The van der Waals surface area contributed by atoms with E-state index in [2.05, 4.69) is 10.2 Å². The molecule has 0 aliphatic heterocycles. The normalized spacial score (nSPS) is 10.5. The summed E-state index contributed by atoms with van der Waals surface area (Å²) in [6.07, 6.45) is 0.728. The van der Waals surface area contributed by atoms with Gasteiger partial charge < -0.3 is 9.84 Å². The lowest BCUT2D eigenvalue weighted by Crippen LogP contribution is -1.92. The molecule has 1 aromatic carbocycles. The number of benzene rings is 1. The van der Waals surface area contributed by atoms with Crippen molar-refractivity contribution in [1.29, 1.82) is 0 Å². The lowest BCUT2D eigenvalue weighted by Gasteiger charge is -2.06. The molecule has 0 atom stereocenters. The van der Waals surface area contributed by atoms with Gasteiger partial charge in [0.1, 0.15) is 5.75 Å². The van der Waals surface area contributed by atoms with Crippen LogP contribution >= 0.6 is 11.6 Å². The average molecular weight is 253 g/mol. The minimum Gasteiger partial charge on any atom is -0.436 e. The predicted octanol–water partition coefficient (Wildman–Crippen LogP) is 2.91. The third-order valence-electron chi connectivity index (χ3n) is 2.47. The number of aliphatic hydroxyl groups is 1. The molecule has 0 saturated carbocycles. The number of hydrogen-bond donors (Lipinski definition) is 2. The van der Waals surface area contributed by atoms with E-state index in [1.54, 1.807) is 12.1 Å². The van der Waals surface area contributed by atoms with Gasteiger partial charge in [0, 0.05) is 5.56 Å². The maximum absolute atomic E-state index is 9.13. The van der Waals surface area contributed by atoms with E-state index in [4.69, 9.17) is 21.4 Å². The first kappa shape index (κ1) is 12.0. The molecule has 0 spiro atoms. The Bertz CT molecular complexity index is 511. The molecule has 5 heteroatoms. The van der Waals surface area contributed by atoms with Crippen molar-refractivity contribution in [2.45, 2.75) is 20.0 Å². The van der Waals surface area contributed by atoms with Crippen LogP contribution in [0.2, 0.25) is 5.02 Å². The molecule has 0 aliphatic rings. The quantitative estimate of drug-likeness (QED) is 0.880. The average Bonchev–Trinajstić information content (AvgIpc) is 2.74. The first-order chi connectivity index (χ1) is 8.26. The maximum atomic E-state index is 9.13. The van der Waals surface area contributed by atoms with Crippen LogP contribution in [0.4, 0.5) is 0 Å². The second-order valence-corrected chi connectivity index (χ2v) is 3.94. The molecule has 4 nitrogen and oxygen atoms in total. The van der Waals surface area contributed by atoms with Crippen LogP contribution in [-0.2, 0) is 13.0 Å². The summed E-state index contributed by atoms with van der Waals surface area (Å²) in [5.74, 6) is 1.02. The van der Waals surface area contributed by atoms with Gasteiger partial charge in [-0.05, 0) is 18.6 Å². The van der Waals surface area contributed by atoms with Gasteiger partial charge in [0.25, 0.3) is 0 Å². The minimum absolute atomic E-state index is 0.0813. The largest absolute Gasteiger partial charge is 0.436 e. The fourth-order valence-corrected chi connectivity index (χ4v) is 1.77. The van der Waals surface area contributed by atoms with Gasteiger partial charge in [-0.1, -0.05) is 30.7 Å². The van der Waals surface area contributed by atoms with Crippen LogP contribution in [0.5, 0.6) is 11.6 Å². The fourth-order valence-electron chi connectivity index (χ4n) is 1.59. The van der Waals surface area contributed by atoms with Crippen LogP contribution in [0, 0.1) is 0 Å². The number of rotatable bonds is 4. The van der Waals surface area contributed by atoms with E-state index in [0.29, 0.717) is 22.3 Å². The van der Waals surface area contributed by atoms with Crippen LogP contribution < -0.4 is 4.74 Å². The van der Waals surface area contributed by atoms with E-state index < -0.39 is 0 Å². The number of aliphatic hydroxyl groups excluding tert-OH is 1. The number of hydrogen-bond acceptors (Lipinski definition) is 3. The highest BCUT2D eigenvalue weighted by molar-refractivity contribution is 6.32. The highest BCUT2D eigenvalue weighted by Gasteiger charge is 2.13. The van der Waals surface area contributed by atoms with Crippen molar-refractivity contribution in [1.82, 2.24) is 10.2 Å². The second kappa shape index (κ2) is 5.21. The molecule has 17 heavy (non-hydrogen) atoms. The molecule has 1 heterocycles. The molecule has 0 unspecified atom stereocenters. The van der Waals surface area contributed by atoms with Crippen LogP contribution in [0.15, 0.2) is 24.3 Å². The van der Waals surface area contributed by atoms with Crippen molar-refractivity contribution in [3.8, 4) is 11.6 Å². The molecular weight excluding hydrogens is 240 g/mol.